The van der Waals surface area contributed by atoms with E-state index in [9.17, 15) is 4.79 Å². The fourth-order valence-electron chi connectivity index (χ4n) is 4.64. The first-order valence-corrected chi connectivity index (χ1v) is 11.5. The number of benzene rings is 2. The number of carbonyl (C=O) groups excluding carboxylic acids is 1. The molecule has 1 fully saturated rings. The van der Waals surface area contributed by atoms with Crippen LogP contribution < -0.4 is 4.74 Å². The van der Waals surface area contributed by atoms with E-state index in [1.165, 1.54) is 5.56 Å². The molecule has 168 valence electrons. The number of amides is 1. The molecule has 1 aliphatic heterocycles. The molecule has 2 aromatic carbocycles. The first-order chi connectivity index (χ1) is 16.2. The third-order valence-electron chi connectivity index (χ3n) is 6.42. The molecule has 1 aliphatic rings. The lowest BCUT2D eigenvalue weighted by molar-refractivity contribution is -0.132. The van der Waals surface area contributed by atoms with Gasteiger partial charge in [-0.05, 0) is 54.7 Å². The highest BCUT2D eigenvalue weighted by atomic mass is 16.5. The van der Waals surface area contributed by atoms with Crippen molar-refractivity contribution in [2.75, 3.05) is 13.7 Å². The van der Waals surface area contributed by atoms with Crippen LogP contribution in [-0.2, 0) is 17.8 Å². The van der Waals surface area contributed by atoms with Crippen molar-refractivity contribution in [3.63, 3.8) is 0 Å². The number of likely N-dealkylation sites (tertiary alicyclic amines) is 1. The fraction of sp³-hybridized carbons (Fsp3) is 0.296. The maximum Gasteiger partial charge on any atom is 0.225 e. The molecule has 1 saturated heterocycles. The Bertz CT molecular complexity index is 1230. The second kappa shape index (κ2) is 9.45. The van der Waals surface area contributed by atoms with Gasteiger partial charge in [-0.2, -0.15) is 5.10 Å². The molecule has 0 N–H and O–H groups in total. The third kappa shape index (κ3) is 4.60. The number of carbonyl (C=O) groups is 1. The van der Waals surface area contributed by atoms with E-state index in [4.69, 9.17) is 9.72 Å². The highest BCUT2D eigenvalue weighted by molar-refractivity contribution is 5.79. The van der Waals surface area contributed by atoms with Gasteiger partial charge in [-0.15, -0.1) is 0 Å². The summed E-state index contributed by atoms with van der Waals surface area (Å²) in [5.41, 5.74) is 4.42. The number of aromatic nitrogens is 3. The molecule has 0 radical (unpaired) electrons. The van der Waals surface area contributed by atoms with E-state index in [2.05, 4.69) is 29.4 Å². The standard InChI is InChI=1S/C27H28N4O2/c1-33-23-11-8-20(9-12-23)17-21-10-13-24(28-18-21)26-7-4-15-30(26)27(32)14-16-31-25-6-3-2-5-22(25)19-29-31/h2-3,5-6,8-13,18-19,26H,4,7,14-17H2,1H3/t26-/m1/s1. The number of hydrogen-bond acceptors (Lipinski definition) is 4. The second-order valence-electron chi connectivity index (χ2n) is 8.54. The maximum atomic E-state index is 13.1. The van der Waals surface area contributed by atoms with Gasteiger partial charge in [0.05, 0.1) is 37.1 Å². The number of fused-ring (bicyclic) bond motifs is 1. The van der Waals surface area contributed by atoms with Crippen LogP contribution in [0.25, 0.3) is 10.9 Å². The molecule has 0 aliphatic carbocycles. The van der Waals surface area contributed by atoms with E-state index in [1.807, 2.05) is 58.4 Å². The zero-order chi connectivity index (χ0) is 22.6. The molecule has 0 spiro atoms. The number of pyridine rings is 1. The Morgan fingerprint density at radius 2 is 1.85 bits per heavy atom. The topological polar surface area (TPSA) is 60.2 Å². The van der Waals surface area contributed by atoms with Crippen LogP contribution in [0.4, 0.5) is 0 Å². The Hall–Kier alpha value is -3.67. The predicted octanol–water partition coefficient (Wildman–Crippen LogP) is 4.78. The van der Waals surface area contributed by atoms with Gasteiger partial charge in [-0.1, -0.05) is 36.4 Å². The highest BCUT2D eigenvalue weighted by Gasteiger charge is 2.30. The quantitative estimate of drug-likeness (QED) is 0.415. The van der Waals surface area contributed by atoms with Gasteiger partial charge in [0.15, 0.2) is 0 Å². The second-order valence-corrected chi connectivity index (χ2v) is 8.54. The fourth-order valence-corrected chi connectivity index (χ4v) is 4.64. The molecule has 0 bridgehead atoms. The lowest BCUT2D eigenvalue weighted by atomic mass is 10.0. The Labute approximate surface area is 193 Å². The minimum atomic E-state index is 0.0573. The molecule has 3 heterocycles. The molecule has 5 rings (SSSR count). The molecule has 1 atom stereocenters. The van der Waals surface area contributed by atoms with E-state index in [0.717, 1.165) is 53.7 Å². The highest BCUT2D eigenvalue weighted by Crippen LogP contribution is 2.31. The summed E-state index contributed by atoms with van der Waals surface area (Å²) in [5, 5.41) is 5.55. The van der Waals surface area contributed by atoms with Crippen molar-refractivity contribution >= 4 is 16.8 Å². The van der Waals surface area contributed by atoms with Crippen molar-refractivity contribution in [1.82, 2.24) is 19.7 Å². The van der Waals surface area contributed by atoms with Gasteiger partial charge in [-0.3, -0.25) is 14.5 Å². The van der Waals surface area contributed by atoms with Crippen LogP contribution in [0.3, 0.4) is 0 Å². The Kier molecular flexibility index (Phi) is 6.07. The molecule has 6 heteroatoms. The minimum absolute atomic E-state index is 0.0573. The van der Waals surface area contributed by atoms with Gasteiger partial charge >= 0.3 is 0 Å². The zero-order valence-electron chi connectivity index (χ0n) is 18.9. The summed E-state index contributed by atoms with van der Waals surface area (Å²) in [6.45, 7) is 1.38. The van der Waals surface area contributed by atoms with Crippen molar-refractivity contribution in [3.8, 4) is 5.75 Å². The molecule has 6 nitrogen and oxygen atoms in total. The van der Waals surface area contributed by atoms with Crippen molar-refractivity contribution < 1.29 is 9.53 Å². The van der Waals surface area contributed by atoms with E-state index in [-0.39, 0.29) is 11.9 Å². The molecule has 2 aromatic heterocycles. The van der Waals surface area contributed by atoms with Gasteiger partial charge in [-0.25, -0.2) is 0 Å². The molecular weight excluding hydrogens is 412 g/mol. The summed E-state index contributed by atoms with van der Waals surface area (Å²) < 4.78 is 7.15. The molecule has 4 aromatic rings. The first kappa shape index (κ1) is 21.2. The zero-order valence-corrected chi connectivity index (χ0v) is 18.9. The maximum absolute atomic E-state index is 13.1. The number of nitrogens with zero attached hydrogens (tertiary/aromatic N) is 4. The van der Waals surface area contributed by atoms with Gasteiger partial charge in [0, 0.05) is 24.5 Å². The van der Waals surface area contributed by atoms with Crippen LogP contribution in [0.5, 0.6) is 5.75 Å². The van der Waals surface area contributed by atoms with E-state index in [0.29, 0.717) is 13.0 Å². The minimum Gasteiger partial charge on any atom is -0.497 e. The Morgan fingerprint density at radius 1 is 1.03 bits per heavy atom. The number of methoxy groups -OCH3 is 1. The molecular formula is C27H28N4O2. The summed E-state index contributed by atoms with van der Waals surface area (Å²) in [7, 11) is 1.67. The summed E-state index contributed by atoms with van der Waals surface area (Å²) >= 11 is 0. The van der Waals surface area contributed by atoms with Gasteiger partial charge < -0.3 is 9.64 Å². The van der Waals surface area contributed by atoms with Crippen LogP contribution in [0.2, 0.25) is 0 Å². The number of hydrogen-bond donors (Lipinski definition) is 0. The van der Waals surface area contributed by atoms with Gasteiger partial charge in [0.25, 0.3) is 0 Å². The normalized spacial score (nSPS) is 15.8. The van der Waals surface area contributed by atoms with Crippen LogP contribution in [0.15, 0.2) is 73.1 Å². The van der Waals surface area contributed by atoms with Crippen LogP contribution in [0.1, 0.15) is 42.1 Å². The summed E-state index contributed by atoms with van der Waals surface area (Å²) in [5.74, 6) is 1.03. The van der Waals surface area contributed by atoms with Crippen molar-refractivity contribution in [2.24, 2.45) is 0 Å². The first-order valence-electron chi connectivity index (χ1n) is 11.5. The largest absolute Gasteiger partial charge is 0.497 e. The Balaban J connectivity index is 1.22. The molecule has 1 amide bonds. The van der Waals surface area contributed by atoms with Crippen LogP contribution in [-0.4, -0.2) is 39.2 Å². The predicted molar refractivity (Wildman–Crippen MR) is 128 cm³/mol. The van der Waals surface area contributed by atoms with E-state index in [1.54, 1.807) is 7.11 Å². The molecule has 33 heavy (non-hydrogen) atoms. The van der Waals surface area contributed by atoms with Crippen LogP contribution >= 0.6 is 0 Å². The number of rotatable bonds is 7. The summed E-state index contributed by atoms with van der Waals surface area (Å²) in [6.07, 6.45) is 7.03. The number of aryl methyl sites for hydroxylation is 1. The van der Waals surface area contributed by atoms with Crippen molar-refractivity contribution in [1.29, 1.82) is 0 Å². The number of para-hydroxylation sites is 1. The summed E-state index contributed by atoms with van der Waals surface area (Å²) in [6, 6.07) is 20.5. The van der Waals surface area contributed by atoms with E-state index < -0.39 is 0 Å². The molecule has 0 saturated carbocycles. The lowest BCUT2D eigenvalue weighted by Crippen LogP contribution is -2.31. The average Bonchev–Trinajstić information content (AvgIpc) is 3.51. The third-order valence-corrected chi connectivity index (χ3v) is 6.42. The lowest BCUT2D eigenvalue weighted by Gasteiger charge is -2.24. The monoisotopic (exact) mass is 440 g/mol. The molecule has 0 unspecified atom stereocenters. The van der Waals surface area contributed by atoms with E-state index >= 15 is 0 Å². The summed E-state index contributed by atoms with van der Waals surface area (Å²) in [4.78, 5) is 19.8. The average molecular weight is 441 g/mol. The van der Waals surface area contributed by atoms with Crippen LogP contribution in [0, 0.1) is 0 Å². The van der Waals surface area contributed by atoms with Crippen molar-refractivity contribution in [3.05, 3.63) is 89.9 Å². The van der Waals surface area contributed by atoms with Crippen molar-refractivity contribution in [2.45, 2.75) is 38.3 Å². The number of ether oxygens (including phenoxy) is 1. The smallest absolute Gasteiger partial charge is 0.225 e. The Morgan fingerprint density at radius 3 is 2.64 bits per heavy atom. The van der Waals surface area contributed by atoms with Gasteiger partial charge in [0.1, 0.15) is 5.75 Å². The van der Waals surface area contributed by atoms with Gasteiger partial charge in [0.2, 0.25) is 5.91 Å². The SMILES string of the molecule is COc1ccc(Cc2ccc([C@H]3CCCN3C(=O)CCn3ncc4ccccc43)nc2)cc1.